The average molecular weight is 570 g/mol. The van der Waals surface area contributed by atoms with Gasteiger partial charge in [-0.25, -0.2) is 4.79 Å². The number of nitro groups is 1. The first-order valence-corrected chi connectivity index (χ1v) is 10.6. The summed E-state index contributed by atoms with van der Waals surface area (Å²) in [6, 6.07) is 11.0. The molecule has 0 bridgehead atoms. The molecule has 0 atom stereocenters. The Morgan fingerprint density at radius 2 is 1.94 bits per heavy atom. The summed E-state index contributed by atoms with van der Waals surface area (Å²) in [4.78, 5) is 39.4. The quantitative estimate of drug-likeness (QED) is 0.180. The molecule has 11 heteroatoms. The molecule has 0 saturated heterocycles. The SMILES string of the molecule is O=C(Cc1cc(Br)cc(Br)c1OC(=O)c1ccccc1Cl)Nc1ccncc1[N+](=O)[O-]. The fourth-order valence-corrected chi connectivity index (χ4v) is 4.25. The standard InChI is InChI=1S/C20H12Br2ClN3O5/c21-12-7-11(8-18(27)25-16-5-6-24-10-17(16)26(29)30)19(14(22)9-12)31-20(28)13-3-1-2-4-15(13)23/h1-7,9-10H,8H2,(H,24,25,27). The van der Waals surface area contributed by atoms with Crippen LogP contribution in [0.5, 0.6) is 5.75 Å². The van der Waals surface area contributed by atoms with Crippen molar-refractivity contribution >= 4 is 66.7 Å². The summed E-state index contributed by atoms with van der Waals surface area (Å²) in [5.74, 6) is -1.11. The van der Waals surface area contributed by atoms with Crippen molar-refractivity contribution in [2.75, 3.05) is 5.32 Å². The number of hydrogen-bond acceptors (Lipinski definition) is 6. The maximum absolute atomic E-state index is 12.6. The van der Waals surface area contributed by atoms with Gasteiger partial charge in [0, 0.05) is 16.2 Å². The van der Waals surface area contributed by atoms with E-state index in [4.69, 9.17) is 16.3 Å². The molecule has 0 unspecified atom stereocenters. The van der Waals surface area contributed by atoms with Gasteiger partial charge in [-0.2, -0.15) is 0 Å². The zero-order valence-corrected chi connectivity index (χ0v) is 19.4. The molecule has 1 N–H and O–H groups in total. The van der Waals surface area contributed by atoms with E-state index in [1.165, 1.54) is 18.3 Å². The van der Waals surface area contributed by atoms with E-state index in [2.05, 4.69) is 42.2 Å². The molecular formula is C20H12Br2ClN3O5. The first-order valence-electron chi connectivity index (χ1n) is 8.59. The van der Waals surface area contributed by atoms with Gasteiger partial charge >= 0.3 is 11.7 Å². The maximum Gasteiger partial charge on any atom is 0.345 e. The molecule has 0 fully saturated rings. The van der Waals surface area contributed by atoms with Gasteiger partial charge in [0.2, 0.25) is 5.91 Å². The molecular weight excluding hydrogens is 557 g/mol. The summed E-state index contributed by atoms with van der Waals surface area (Å²) in [6.07, 6.45) is 2.15. The zero-order chi connectivity index (χ0) is 22.5. The van der Waals surface area contributed by atoms with Crippen LogP contribution in [-0.4, -0.2) is 21.8 Å². The molecule has 0 aliphatic rings. The molecule has 8 nitrogen and oxygen atoms in total. The van der Waals surface area contributed by atoms with Crippen molar-refractivity contribution in [1.29, 1.82) is 0 Å². The Kier molecular flexibility index (Phi) is 7.37. The van der Waals surface area contributed by atoms with E-state index < -0.39 is 16.8 Å². The summed E-state index contributed by atoms with van der Waals surface area (Å²) in [6.45, 7) is 0. The third kappa shape index (κ3) is 5.66. The van der Waals surface area contributed by atoms with Crippen LogP contribution in [0.15, 0.2) is 63.8 Å². The molecule has 0 spiro atoms. The van der Waals surface area contributed by atoms with Crippen molar-refractivity contribution in [3.8, 4) is 5.75 Å². The molecule has 1 heterocycles. The lowest BCUT2D eigenvalue weighted by atomic mass is 10.1. The largest absolute Gasteiger partial charge is 0.421 e. The maximum atomic E-state index is 12.6. The molecule has 0 aliphatic heterocycles. The first kappa shape index (κ1) is 22.9. The summed E-state index contributed by atoms with van der Waals surface area (Å²) in [5, 5.41) is 13.8. The summed E-state index contributed by atoms with van der Waals surface area (Å²) >= 11 is 12.7. The van der Waals surface area contributed by atoms with Crippen LogP contribution < -0.4 is 10.1 Å². The van der Waals surface area contributed by atoms with Crippen molar-refractivity contribution in [3.63, 3.8) is 0 Å². The number of esters is 1. The summed E-state index contributed by atoms with van der Waals surface area (Å²) in [7, 11) is 0. The highest BCUT2D eigenvalue weighted by molar-refractivity contribution is 9.11. The van der Waals surface area contributed by atoms with Crippen LogP contribution in [0.2, 0.25) is 5.02 Å². The van der Waals surface area contributed by atoms with E-state index in [1.807, 2.05) is 0 Å². The highest BCUT2D eigenvalue weighted by atomic mass is 79.9. The number of halogens is 3. The highest BCUT2D eigenvalue weighted by Crippen LogP contribution is 2.34. The Hall–Kier alpha value is -2.82. The molecule has 0 aliphatic carbocycles. The number of ether oxygens (including phenoxy) is 1. The second-order valence-corrected chi connectivity index (χ2v) is 8.30. The minimum absolute atomic E-state index is 0.00803. The van der Waals surface area contributed by atoms with Gasteiger partial charge in [0.15, 0.2) is 0 Å². The second kappa shape index (κ2) is 9.99. The lowest BCUT2D eigenvalue weighted by Gasteiger charge is -2.14. The van der Waals surface area contributed by atoms with Gasteiger partial charge in [0.25, 0.3) is 0 Å². The Balaban J connectivity index is 1.86. The van der Waals surface area contributed by atoms with Crippen LogP contribution in [0.4, 0.5) is 11.4 Å². The Morgan fingerprint density at radius 1 is 1.19 bits per heavy atom. The molecule has 0 saturated carbocycles. The third-order valence-electron chi connectivity index (χ3n) is 4.00. The van der Waals surface area contributed by atoms with Crippen LogP contribution in [0, 0.1) is 10.1 Å². The number of carbonyl (C=O) groups is 2. The van der Waals surface area contributed by atoms with Crippen LogP contribution >= 0.6 is 43.5 Å². The molecule has 1 aromatic heterocycles. The van der Waals surface area contributed by atoms with Gasteiger partial charge in [0.05, 0.1) is 26.4 Å². The number of nitrogens with zero attached hydrogens (tertiary/aromatic N) is 2. The van der Waals surface area contributed by atoms with E-state index in [0.29, 0.717) is 14.5 Å². The lowest BCUT2D eigenvalue weighted by Crippen LogP contribution is -2.17. The van der Waals surface area contributed by atoms with Crippen molar-refractivity contribution in [3.05, 3.63) is 90.1 Å². The summed E-state index contributed by atoms with van der Waals surface area (Å²) < 4.78 is 6.59. The van der Waals surface area contributed by atoms with Crippen molar-refractivity contribution in [2.24, 2.45) is 0 Å². The number of pyridine rings is 1. The molecule has 31 heavy (non-hydrogen) atoms. The predicted molar refractivity (Wildman–Crippen MR) is 121 cm³/mol. The number of benzene rings is 2. The van der Waals surface area contributed by atoms with E-state index in [-0.39, 0.29) is 34.1 Å². The molecule has 1 amide bonds. The van der Waals surface area contributed by atoms with E-state index in [9.17, 15) is 19.7 Å². The normalized spacial score (nSPS) is 10.4. The third-order valence-corrected chi connectivity index (χ3v) is 5.37. The molecule has 158 valence electrons. The van der Waals surface area contributed by atoms with Crippen LogP contribution in [-0.2, 0) is 11.2 Å². The van der Waals surface area contributed by atoms with Gasteiger partial charge in [-0.15, -0.1) is 0 Å². The number of anilines is 1. The second-order valence-electron chi connectivity index (χ2n) is 6.12. The van der Waals surface area contributed by atoms with E-state index in [1.54, 1.807) is 30.3 Å². The van der Waals surface area contributed by atoms with Gasteiger partial charge in [0.1, 0.15) is 17.6 Å². The molecule has 0 radical (unpaired) electrons. The minimum Gasteiger partial charge on any atom is -0.421 e. The van der Waals surface area contributed by atoms with E-state index >= 15 is 0 Å². The predicted octanol–water partition coefficient (Wildman–Crippen LogP) is 5.57. The molecule has 3 rings (SSSR count). The average Bonchev–Trinajstić information content (AvgIpc) is 2.71. The number of rotatable bonds is 6. The first-order chi connectivity index (χ1) is 14.8. The smallest absolute Gasteiger partial charge is 0.345 e. The zero-order valence-electron chi connectivity index (χ0n) is 15.5. The Labute approximate surface area is 198 Å². The van der Waals surface area contributed by atoms with Gasteiger partial charge in [-0.1, -0.05) is 39.7 Å². The van der Waals surface area contributed by atoms with Gasteiger partial charge in [-0.3, -0.25) is 19.9 Å². The number of nitrogens with one attached hydrogen (secondary N) is 1. The molecule has 2 aromatic carbocycles. The van der Waals surface area contributed by atoms with Gasteiger partial charge < -0.3 is 10.1 Å². The Bertz CT molecular complexity index is 1190. The van der Waals surface area contributed by atoms with Crippen LogP contribution in [0.25, 0.3) is 0 Å². The number of hydrogen-bond donors (Lipinski definition) is 1. The summed E-state index contributed by atoms with van der Waals surface area (Å²) in [5.41, 5.74) is 0.211. The van der Waals surface area contributed by atoms with Crippen molar-refractivity contribution < 1.29 is 19.2 Å². The molecule has 3 aromatic rings. The fraction of sp³-hybridized carbons (Fsp3) is 0.0500. The van der Waals surface area contributed by atoms with Crippen LogP contribution in [0.1, 0.15) is 15.9 Å². The highest BCUT2D eigenvalue weighted by Gasteiger charge is 2.21. The van der Waals surface area contributed by atoms with Gasteiger partial charge in [-0.05, 0) is 46.3 Å². The minimum atomic E-state index is -0.694. The van der Waals surface area contributed by atoms with Crippen molar-refractivity contribution in [2.45, 2.75) is 6.42 Å². The lowest BCUT2D eigenvalue weighted by molar-refractivity contribution is -0.384. The number of aromatic nitrogens is 1. The Morgan fingerprint density at radius 3 is 2.65 bits per heavy atom. The topological polar surface area (TPSA) is 111 Å². The number of amides is 1. The van der Waals surface area contributed by atoms with Crippen LogP contribution in [0.3, 0.4) is 0 Å². The monoisotopic (exact) mass is 567 g/mol. The fourth-order valence-electron chi connectivity index (χ4n) is 2.64. The van der Waals surface area contributed by atoms with Crippen molar-refractivity contribution in [1.82, 2.24) is 4.98 Å². The number of carbonyl (C=O) groups excluding carboxylic acids is 2. The van der Waals surface area contributed by atoms with E-state index in [0.717, 1.165) is 6.20 Å².